The fourth-order valence-electron chi connectivity index (χ4n) is 3.24. The van der Waals surface area contributed by atoms with Gasteiger partial charge in [0.25, 0.3) is 0 Å². The van der Waals surface area contributed by atoms with Crippen molar-refractivity contribution >= 4 is 23.9 Å². The predicted molar refractivity (Wildman–Crippen MR) is 129 cm³/mol. The number of hydrogen-bond acceptors (Lipinski definition) is 6. The number of nitrogens with one attached hydrogen (secondary N) is 3. The highest BCUT2D eigenvalue weighted by molar-refractivity contribution is 5.93. The number of carbonyl (C=O) groups excluding carboxylic acids is 4. The zero-order valence-electron chi connectivity index (χ0n) is 21.3. The highest BCUT2D eigenvalue weighted by Gasteiger charge is 2.30. The van der Waals surface area contributed by atoms with E-state index in [0.717, 1.165) is 5.56 Å². The molecule has 0 aromatic heterocycles. The van der Waals surface area contributed by atoms with Crippen LogP contribution in [0.4, 0.5) is 4.79 Å². The smallest absolute Gasteiger partial charge is 0.408 e. The molecule has 3 N–H and O–H groups in total. The van der Waals surface area contributed by atoms with E-state index in [-0.39, 0.29) is 12.3 Å². The zero-order chi connectivity index (χ0) is 25.9. The molecule has 0 heterocycles. The fourth-order valence-corrected chi connectivity index (χ4v) is 3.24. The minimum atomic E-state index is -0.909. The van der Waals surface area contributed by atoms with Crippen LogP contribution in [-0.2, 0) is 30.3 Å². The summed E-state index contributed by atoms with van der Waals surface area (Å²) >= 11 is 0. The van der Waals surface area contributed by atoms with Crippen molar-refractivity contribution in [3.63, 3.8) is 0 Å². The first-order valence-corrected chi connectivity index (χ1v) is 11.6. The predicted octanol–water partition coefficient (Wildman–Crippen LogP) is 2.72. The van der Waals surface area contributed by atoms with Gasteiger partial charge in [-0.15, -0.1) is 0 Å². The van der Waals surface area contributed by atoms with Crippen LogP contribution in [0.3, 0.4) is 0 Å². The molecular formula is C25H39N3O6. The molecule has 1 aromatic rings. The Morgan fingerprint density at radius 3 is 1.94 bits per heavy atom. The molecule has 0 bridgehead atoms. The number of alkyl carbamates (subject to hydrolysis) is 1. The van der Waals surface area contributed by atoms with E-state index < -0.39 is 47.6 Å². The van der Waals surface area contributed by atoms with Gasteiger partial charge in [-0.3, -0.25) is 9.59 Å². The molecule has 0 aliphatic carbocycles. The molecule has 0 aliphatic heterocycles. The summed E-state index contributed by atoms with van der Waals surface area (Å²) in [5, 5.41) is 7.98. The van der Waals surface area contributed by atoms with Gasteiger partial charge in [0.1, 0.15) is 23.7 Å². The van der Waals surface area contributed by atoms with Crippen molar-refractivity contribution in [3.05, 3.63) is 35.9 Å². The molecule has 1 aromatic carbocycles. The van der Waals surface area contributed by atoms with Gasteiger partial charge in [0.15, 0.2) is 0 Å². The molecule has 0 fully saturated rings. The van der Waals surface area contributed by atoms with Gasteiger partial charge >= 0.3 is 12.1 Å². The van der Waals surface area contributed by atoms with Gasteiger partial charge in [-0.2, -0.15) is 0 Å². The third kappa shape index (κ3) is 10.7. The van der Waals surface area contributed by atoms with Gasteiger partial charge in [0.05, 0.1) is 7.11 Å². The standard InChI is InChI=1S/C25H39N3O6/c1-8-18(28-24(32)34-25(4,5)6)21(29)26-19(14-16(2)3)22(30)27-20(23(31)33-7)15-17-12-10-9-11-13-17/h9-13,16,18-20H,8,14-15H2,1-7H3,(H,26,29)(H,27,30)(H,28,32)/t18-,19+,20+/m1/s1. The average Bonchev–Trinajstić information content (AvgIpc) is 2.74. The van der Waals surface area contributed by atoms with Gasteiger partial charge in [-0.05, 0) is 45.1 Å². The van der Waals surface area contributed by atoms with Crippen LogP contribution in [0.15, 0.2) is 30.3 Å². The maximum Gasteiger partial charge on any atom is 0.408 e. The summed E-state index contributed by atoms with van der Waals surface area (Å²) < 4.78 is 10.1. The number of hydrogen-bond donors (Lipinski definition) is 3. The summed E-state index contributed by atoms with van der Waals surface area (Å²) in [6, 6.07) is 6.56. The quantitative estimate of drug-likeness (QED) is 0.421. The van der Waals surface area contributed by atoms with E-state index in [1.165, 1.54) is 7.11 Å². The van der Waals surface area contributed by atoms with E-state index >= 15 is 0 Å². The highest BCUT2D eigenvalue weighted by atomic mass is 16.6. The topological polar surface area (TPSA) is 123 Å². The van der Waals surface area contributed by atoms with Crippen molar-refractivity contribution in [3.8, 4) is 0 Å². The third-order valence-electron chi connectivity index (χ3n) is 4.84. The summed E-state index contributed by atoms with van der Waals surface area (Å²) in [5.41, 5.74) is 0.149. The molecule has 0 saturated heterocycles. The monoisotopic (exact) mass is 477 g/mol. The molecule has 9 nitrogen and oxygen atoms in total. The molecule has 0 spiro atoms. The molecule has 3 atom stereocenters. The lowest BCUT2D eigenvalue weighted by Gasteiger charge is -2.26. The van der Waals surface area contributed by atoms with Crippen molar-refractivity contribution in [1.82, 2.24) is 16.0 Å². The number of carbonyl (C=O) groups is 4. The van der Waals surface area contributed by atoms with Gasteiger partial charge in [-0.1, -0.05) is 51.1 Å². The van der Waals surface area contributed by atoms with Gasteiger partial charge in [0, 0.05) is 6.42 Å². The lowest BCUT2D eigenvalue weighted by molar-refractivity contribution is -0.145. The van der Waals surface area contributed by atoms with E-state index in [9.17, 15) is 19.2 Å². The van der Waals surface area contributed by atoms with E-state index in [0.29, 0.717) is 12.8 Å². The molecule has 0 radical (unpaired) electrons. The van der Waals surface area contributed by atoms with Crippen LogP contribution in [0, 0.1) is 5.92 Å². The summed E-state index contributed by atoms with van der Waals surface area (Å²) in [5.74, 6) is -1.50. The molecule has 0 saturated carbocycles. The molecule has 9 heteroatoms. The lowest BCUT2D eigenvalue weighted by Crippen LogP contribution is -2.56. The number of amides is 3. The molecular weight excluding hydrogens is 438 g/mol. The van der Waals surface area contributed by atoms with Crippen molar-refractivity contribution in [2.45, 2.75) is 84.5 Å². The average molecular weight is 478 g/mol. The second kappa shape index (κ2) is 13.6. The Bertz CT molecular complexity index is 820. The second-order valence-corrected chi connectivity index (χ2v) is 9.57. The number of ether oxygens (including phenoxy) is 2. The third-order valence-corrected chi connectivity index (χ3v) is 4.84. The van der Waals surface area contributed by atoms with Crippen LogP contribution in [-0.4, -0.2) is 54.7 Å². The molecule has 1 rings (SSSR count). The molecule has 3 amide bonds. The molecule has 0 unspecified atom stereocenters. The normalized spacial score (nSPS) is 13.9. The van der Waals surface area contributed by atoms with E-state index in [2.05, 4.69) is 16.0 Å². The van der Waals surface area contributed by atoms with E-state index in [1.807, 2.05) is 44.2 Å². The first-order chi connectivity index (χ1) is 15.9. The van der Waals surface area contributed by atoms with Gasteiger partial charge in [-0.25, -0.2) is 9.59 Å². The Morgan fingerprint density at radius 2 is 1.44 bits per heavy atom. The Labute approximate surface area is 202 Å². The van der Waals surface area contributed by atoms with Crippen molar-refractivity contribution in [1.29, 1.82) is 0 Å². The van der Waals surface area contributed by atoms with E-state index in [4.69, 9.17) is 9.47 Å². The van der Waals surface area contributed by atoms with Gasteiger partial charge in [0.2, 0.25) is 11.8 Å². The second-order valence-electron chi connectivity index (χ2n) is 9.57. The molecule has 190 valence electrons. The summed E-state index contributed by atoms with van der Waals surface area (Å²) in [6.07, 6.45) is 0.187. The Balaban J connectivity index is 2.94. The number of esters is 1. The molecule has 34 heavy (non-hydrogen) atoms. The maximum atomic E-state index is 13.1. The SMILES string of the molecule is CC[C@@H](NC(=O)OC(C)(C)C)C(=O)N[C@@H](CC(C)C)C(=O)N[C@@H](Cc1ccccc1)C(=O)OC. The first kappa shape index (κ1) is 28.9. The Morgan fingerprint density at radius 1 is 0.882 bits per heavy atom. The van der Waals surface area contributed by atoms with Crippen molar-refractivity contribution in [2.75, 3.05) is 7.11 Å². The fraction of sp³-hybridized carbons (Fsp3) is 0.600. The minimum absolute atomic E-state index is 0.0839. The number of methoxy groups -OCH3 is 1. The van der Waals surface area contributed by atoms with Crippen LogP contribution in [0.1, 0.15) is 59.9 Å². The summed E-state index contributed by atoms with van der Waals surface area (Å²) in [7, 11) is 1.26. The van der Waals surface area contributed by atoms with Crippen LogP contribution in [0.25, 0.3) is 0 Å². The molecule has 0 aliphatic rings. The lowest BCUT2D eigenvalue weighted by atomic mass is 10.0. The maximum absolute atomic E-state index is 13.1. The Hall–Kier alpha value is -3.10. The van der Waals surface area contributed by atoms with Crippen LogP contribution in [0.5, 0.6) is 0 Å². The summed E-state index contributed by atoms with van der Waals surface area (Å²) in [6.45, 7) is 10.8. The summed E-state index contributed by atoms with van der Waals surface area (Å²) in [4.78, 5) is 50.4. The minimum Gasteiger partial charge on any atom is -0.467 e. The largest absolute Gasteiger partial charge is 0.467 e. The first-order valence-electron chi connectivity index (χ1n) is 11.6. The van der Waals surface area contributed by atoms with Crippen molar-refractivity contribution in [2.24, 2.45) is 5.92 Å². The van der Waals surface area contributed by atoms with Crippen LogP contribution in [0.2, 0.25) is 0 Å². The Kier molecular flexibility index (Phi) is 11.5. The zero-order valence-corrected chi connectivity index (χ0v) is 21.3. The van der Waals surface area contributed by atoms with Crippen LogP contribution >= 0.6 is 0 Å². The van der Waals surface area contributed by atoms with E-state index in [1.54, 1.807) is 27.7 Å². The van der Waals surface area contributed by atoms with Gasteiger partial charge < -0.3 is 25.4 Å². The van der Waals surface area contributed by atoms with Crippen LogP contribution < -0.4 is 16.0 Å². The number of rotatable bonds is 11. The van der Waals surface area contributed by atoms with Crippen molar-refractivity contribution < 1.29 is 28.7 Å². The highest BCUT2D eigenvalue weighted by Crippen LogP contribution is 2.10. The number of benzene rings is 1.